The lowest BCUT2D eigenvalue weighted by molar-refractivity contribution is 0.472. The molecule has 1 aliphatic carbocycles. The van der Waals surface area contributed by atoms with Crippen molar-refractivity contribution < 1.29 is 0 Å². The second kappa shape index (κ2) is 5.43. The van der Waals surface area contributed by atoms with Gasteiger partial charge in [-0.2, -0.15) is 0 Å². The SMILES string of the molecule is Cc1nnc(CNCCC2CCCC2)n1C. The van der Waals surface area contributed by atoms with E-state index in [9.17, 15) is 0 Å². The van der Waals surface area contributed by atoms with Crippen molar-refractivity contribution in [2.24, 2.45) is 13.0 Å². The molecule has 4 heteroatoms. The zero-order chi connectivity index (χ0) is 11.4. The average molecular weight is 222 g/mol. The molecule has 0 bridgehead atoms. The Labute approximate surface area is 97.5 Å². The summed E-state index contributed by atoms with van der Waals surface area (Å²) in [5.74, 6) is 2.98. The minimum Gasteiger partial charge on any atom is -0.317 e. The van der Waals surface area contributed by atoms with Gasteiger partial charge in [0.2, 0.25) is 0 Å². The van der Waals surface area contributed by atoms with E-state index in [0.29, 0.717) is 0 Å². The van der Waals surface area contributed by atoms with E-state index in [1.165, 1.54) is 32.1 Å². The summed E-state index contributed by atoms with van der Waals surface area (Å²) in [6.07, 6.45) is 7.06. The Kier molecular flexibility index (Phi) is 3.93. The van der Waals surface area contributed by atoms with E-state index in [1.54, 1.807) is 0 Å². The van der Waals surface area contributed by atoms with Crippen LogP contribution in [0.3, 0.4) is 0 Å². The third-order valence-electron chi connectivity index (χ3n) is 3.67. The van der Waals surface area contributed by atoms with E-state index in [4.69, 9.17) is 0 Å². The van der Waals surface area contributed by atoms with Gasteiger partial charge < -0.3 is 9.88 Å². The van der Waals surface area contributed by atoms with Crippen LogP contribution < -0.4 is 5.32 Å². The molecule has 0 unspecified atom stereocenters. The third kappa shape index (κ3) is 2.82. The molecule has 1 aliphatic rings. The van der Waals surface area contributed by atoms with Gasteiger partial charge in [0.1, 0.15) is 11.6 Å². The molecule has 1 fully saturated rings. The molecule has 0 aromatic carbocycles. The number of hydrogen-bond acceptors (Lipinski definition) is 3. The zero-order valence-corrected chi connectivity index (χ0v) is 10.4. The Balaban J connectivity index is 1.66. The van der Waals surface area contributed by atoms with E-state index in [1.807, 2.05) is 18.5 Å². The summed E-state index contributed by atoms with van der Waals surface area (Å²) in [7, 11) is 2.02. The summed E-state index contributed by atoms with van der Waals surface area (Å²) >= 11 is 0. The minimum absolute atomic E-state index is 0.837. The van der Waals surface area contributed by atoms with Crippen LogP contribution in [0.5, 0.6) is 0 Å². The zero-order valence-electron chi connectivity index (χ0n) is 10.4. The number of hydrogen-bond donors (Lipinski definition) is 1. The van der Waals surface area contributed by atoms with Crippen molar-refractivity contribution in [3.63, 3.8) is 0 Å². The van der Waals surface area contributed by atoms with Gasteiger partial charge in [0.05, 0.1) is 6.54 Å². The van der Waals surface area contributed by atoms with Gasteiger partial charge in [0.25, 0.3) is 0 Å². The highest BCUT2D eigenvalue weighted by Gasteiger charge is 2.14. The molecule has 4 nitrogen and oxygen atoms in total. The Hall–Kier alpha value is -0.900. The monoisotopic (exact) mass is 222 g/mol. The van der Waals surface area contributed by atoms with Crippen molar-refractivity contribution in [2.75, 3.05) is 6.54 Å². The van der Waals surface area contributed by atoms with E-state index in [-0.39, 0.29) is 0 Å². The summed E-state index contributed by atoms with van der Waals surface area (Å²) in [5.41, 5.74) is 0. The molecule has 16 heavy (non-hydrogen) atoms. The molecule has 1 N–H and O–H groups in total. The van der Waals surface area contributed by atoms with Crippen molar-refractivity contribution in [3.8, 4) is 0 Å². The van der Waals surface area contributed by atoms with E-state index in [2.05, 4.69) is 15.5 Å². The first-order valence-electron chi connectivity index (χ1n) is 6.33. The summed E-state index contributed by atoms with van der Waals surface area (Å²) in [5, 5.41) is 11.6. The number of nitrogens with one attached hydrogen (secondary N) is 1. The summed E-state index contributed by atoms with van der Waals surface area (Å²) in [4.78, 5) is 0. The molecule has 1 aromatic heterocycles. The lowest BCUT2D eigenvalue weighted by Gasteiger charge is -2.09. The van der Waals surface area contributed by atoms with Crippen molar-refractivity contribution in [1.29, 1.82) is 0 Å². The number of nitrogens with zero attached hydrogens (tertiary/aromatic N) is 3. The van der Waals surface area contributed by atoms with Crippen LogP contribution in [0.2, 0.25) is 0 Å². The molecular formula is C12H22N4. The molecule has 1 saturated carbocycles. The summed E-state index contributed by atoms with van der Waals surface area (Å²) in [6.45, 7) is 3.93. The molecule has 1 aromatic rings. The predicted octanol–water partition coefficient (Wildman–Crippen LogP) is 1.79. The smallest absolute Gasteiger partial charge is 0.146 e. The van der Waals surface area contributed by atoms with Crippen LogP contribution in [0.25, 0.3) is 0 Å². The first kappa shape index (κ1) is 11.6. The van der Waals surface area contributed by atoms with E-state index in [0.717, 1.165) is 30.7 Å². The summed E-state index contributed by atoms with van der Waals surface area (Å²) in [6, 6.07) is 0. The van der Waals surface area contributed by atoms with Crippen molar-refractivity contribution >= 4 is 0 Å². The molecule has 0 spiro atoms. The average Bonchev–Trinajstić information content (AvgIpc) is 2.88. The first-order chi connectivity index (χ1) is 7.77. The molecule has 90 valence electrons. The Morgan fingerprint density at radius 3 is 2.69 bits per heavy atom. The van der Waals surface area contributed by atoms with Gasteiger partial charge in [-0.05, 0) is 25.8 Å². The highest BCUT2D eigenvalue weighted by atomic mass is 15.3. The lowest BCUT2D eigenvalue weighted by Crippen LogP contribution is -2.19. The van der Waals surface area contributed by atoms with Crippen LogP contribution in [-0.4, -0.2) is 21.3 Å². The maximum Gasteiger partial charge on any atom is 0.146 e. The van der Waals surface area contributed by atoms with Crippen molar-refractivity contribution in [1.82, 2.24) is 20.1 Å². The van der Waals surface area contributed by atoms with Gasteiger partial charge >= 0.3 is 0 Å². The lowest BCUT2D eigenvalue weighted by atomic mass is 10.0. The van der Waals surface area contributed by atoms with Gasteiger partial charge in [-0.1, -0.05) is 25.7 Å². The molecule has 2 rings (SSSR count). The maximum atomic E-state index is 4.14. The fourth-order valence-electron chi connectivity index (χ4n) is 2.41. The fraction of sp³-hybridized carbons (Fsp3) is 0.833. The van der Waals surface area contributed by atoms with Crippen LogP contribution in [0.4, 0.5) is 0 Å². The van der Waals surface area contributed by atoms with Crippen LogP contribution in [0.1, 0.15) is 43.8 Å². The van der Waals surface area contributed by atoms with Crippen LogP contribution >= 0.6 is 0 Å². The molecule has 0 atom stereocenters. The van der Waals surface area contributed by atoms with Crippen molar-refractivity contribution in [3.05, 3.63) is 11.6 Å². The molecule has 1 heterocycles. The molecular weight excluding hydrogens is 200 g/mol. The minimum atomic E-state index is 0.837. The Morgan fingerprint density at radius 2 is 2.06 bits per heavy atom. The maximum absolute atomic E-state index is 4.14. The highest BCUT2D eigenvalue weighted by molar-refractivity contribution is 4.91. The van der Waals surface area contributed by atoms with E-state index < -0.39 is 0 Å². The summed E-state index contributed by atoms with van der Waals surface area (Å²) < 4.78 is 2.04. The fourth-order valence-corrected chi connectivity index (χ4v) is 2.41. The van der Waals surface area contributed by atoms with Crippen molar-refractivity contribution in [2.45, 2.75) is 45.6 Å². The second-order valence-corrected chi connectivity index (χ2v) is 4.84. The molecule has 0 saturated heterocycles. The first-order valence-corrected chi connectivity index (χ1v) is 6.33. The van der Waals surface area contributed by atoms with Gasteiger partial charge in [-0.3, -0.25) is 0 Å². The largest absolute Gasteiger partial charge is 0.317 e. The topological polar surface area (TPSA) is 42.7 Å². The standard InChI is InChI=1S/C12H22N4/c1-10-14-15-12(16(10)2)9-13-8-7-11-5-3-4-6-11/h11,13H,3-9H2,1-2H3. The Bertz CT molecular complexity index is 326. The van der Waals surface area contributed by atoms with Gasteiger partial charge in [0.15, 0.2) is 0 Å². The quantitative estimate of drug-likeness (QED) is 0.772. The molecule has 0 aliphatic heterocycles. The molecule has 0 amide bonds. The highest BCUT2D eigenvalue weighted by Crippen LogP contribution is 2.26. The van der Waals surface area contributed by atoms with Gasteiger partial charge in [-0.15, -0.1) is 10.2 Å². The number of aryl methyl sites for hydroxylation is 1. The number of aromatic nitrogens is 3. The molecule has 0 radical (unpaired) electrons. The van der Waals surface area contributed by atoms with Gasteiger partial charge in [0, 0.05) is 7.05 Å². The second-order valence-electron chi connectivity index (χ2n) is 4.84. The Morgan fingerprint density at radius 1 is 1.31 bits per heavy atom. The van der Waals surface area contributed by atoms with Gasteiger partial charge in [-0.25, -0.2) is 0 Å². The number of rotatable bonds is 5. The normalized spacial score (nSPS) is 17.1. The van der Waals surface area contributed by atoms with E-state index >= 15 is 0 Å². The predicted molar refractivity (Wildman–Crippen MR) is 64.0 cm³/mol. The van der Waals surface area contributed by atoms with Crippen LogP contribution in [-0.2, 0) is 13.6 Å². The third-order valence-corrected chi connectivity index (χ3v) is 3.67. The van der Waals surface area contributed by atoms with Crippen LogP contribution in [0, 0.1) is 12.8 Å². The van der Waals surface area contributed by atoms with Crippen LogP contribution in [0.15, 0.2) is 0 Å².